The van der Waals surface area contributed by atoms with Crippen LogP contribution in [0.5, 0.6) is 0 Å². The van der Waals surface area contributed by atoms with Crippen molar-refractivity contribution in [3.05, 3.63) is 140 Å². The van der Waals surface area contributed by atoms with Crippen molar-refractivity contribution >= 4 is 32.8 Å². The van der Waals surface area contributed by atoms with Gasteiger partial charge in [0.05, 0.1) is 0 Å². The molecule has 0 aliphatic carbocycles. The molecule has 0 saturated carbocycles. The van der Waals surface area contributed by atoms with Gasteiger partial charge in [0.1, 0.15) is 0 Å². The smallest absolute Gasteiger partial charge is 0.160 e. The standard InChI is InChI=1S/C24H17N2.C12H7N2O.Ir/c1-26-23-14-13-18(17-8-3-2-4-9-17)16-21(23)19-10-7-11-20(24(19)26)22-12-5-6-15-25-22;1-2-4-9(5-3-1)12-10-8-13-7-6-11(10)15-14-12;/h2-10,12-16H,1H3;1-4,6-8H;/q2*-1;. The molecule has 0 bridgehead atoms. The van der Waals surface area contributed by atoms with Gasteiger partial charge in [-0.05, 0) is 45.9 Å². The van der Waals surface area contributed by atoms with Crippen LogP contribution in [0.3, 0.4) is 0 Å². The quantitative estimate of drug-likeness (QED) is 0.172. The zero-order valence-corrected chi connectivity index (χ0v) is 25.0. The van der Waals surface area contributed by atoms with Crippen LogP contribution in [0, 0.1) is 12.1 Å². The number of benzene rings is 4. The van der Waals surface area contributed by atoms with Gasteiger partial charge in [0, 0.05) is 68.4 Å². The van der Waals surface area contributed by atoms with Crippen molar-refractivity contribution in [1.82, 2.24) is 19.7 Å². The maximum absolute atomic E-state index is 5.19. The number of pyridine rings is 2. The Morgan fingerprint density at radius 2 is 1.57 bits per heavy atom. The third-order valence-electron chi connectivity index (χ3n) is 7.22. The molecule has 8 rings (SSSR count). The van der Waals surface area contributed by atoms with Crippen LogP contribution < -0.4 is 0 Å². The summed E-state index contributed by atoms with van der Waals surface area (Å²) in [6, 6.07) is 43.3. The average Bonchev–Trinajstić information content (AvgIpc) is 3.61. The predicted molar refractivity (Wildman–Crippen MR) is 164 cm³/mol. The molecule has 0 N–H and O–H groups in total. The molecule has 5 nitrogen and oxygen atoms in total. The summed E-state index contributed by atoms with van der Waals surface area (Å²) in [5.41, 5.74) is 9.31. The molecule has 0 atom stereocenters. The van der Waals surface area contributed by atoms with Crippen LogP contribution in [0.15, 0.2) is 132 Å². The van der Waals surface area contributed by atoms with Gasteiger partial charge in [0.2, 0.25) is 0 Å². The van der Waals surface area contributed by atoms with E-state index < -0.39 is 0 Å². The minimum Gasteiger partial charge on any atom is -0.383 e. The third kappa shape index (κ3) is 5.03. The van der Waals surface area contributed by atoms with Crippen LogP contribution >= 0.6 is 0 Å². The Hall–Kier alpha value is -4.90. The first-order chi connectivity index (χ1) is 20.3. The number of hydrogen-bond donors (Lipinski definition) is 0. The van der Waals surface area contributed by atoms with Crippen LogP contribution in [-0.2, 0) is 27.2 Å². The molecule has 4 aromatic heterocycles. The van der Waals surface area contributed by atoms with Crippen molar-refractivity contribution in [1.29, 1.82) is 0 Å². The molecule has 4 aromatic carbocycles. The zero-order chi connectivity index (χ0) is 27.6. The van der Waals surface area contributed by atoms with E-state index >= 15 is 0 Å². The largest absolute Gasteiger partial charge is 0.383 e. The summed E-state index contributed by atoms with van der Waals surface area (Å²) in [4.78, 5) is 8.59. The molecule has 0 fully saturated rings. The van der Waals surface area contributed by atoms with Gasteiger partial charge < -0.3 is 14.1 Å². The molecule has 42 heavy (non-hydrogen) atoms. The maximum atomic E-state index is 5.19. The molecular weight excluding hydrogens is 697 g/mol. The molecule has 0 saturated heterocycles. The van der Waals surface area contributed by atoms with Crippen LogP contribution in [-0.4, -0.2) is 19.7 Å². The summed E-state index contributed by atoms with van der Waals surface area (Å²) in [6.45, 7) is 0. The fourth-order valence-electron chi connectivity index (χ4n) is 5.25. The van der Waals surface area contributed by atoms with E-state index in [0.717, 1.165) is 33.5 Å². The first-order valence-electron chi connectivity index (χ1n) is 13.3. The van der Waals surface area contributed by atoms with E-state index in [-0.39, 0.29) is 20.1 Å². The second-order valence-electron chi connectivity index (χ2n) is 9.67. The molecule has 0 spiro atoms. The Morgan fingerprint density at radius 3 is 2.38 bits per heavy atom. The summed E-state index contributed by atoms with van der Waals surface area (Å²) < 4.78 is 7.44. The Kier molecular flexibility index (Phi) is 7.74. The normalized spacial score (nSPS) is 10.8. The van der Waals surface area contributed by atoms with Gasteiger partial charge in [-0.2, -0.15) is 0 Å². The van der Waals surface area contributed by atoms with Crippen LogP contribution in [0.25, 0.3) is 66.4 Å². The van der Waals surface area contributed by atoms with E-state index in [4.69, 9.17) is 4.52 Å². The minimum absolute atomic E-state index is 0. The van der Waals surface area contributed by atoms with Gasteiger partial charge in [0.25, 0.3) is 0 Å². The maximum Gasteiger partial charge on any atom is 0.160 e. The van der Waals surface area contributed by atoms with Crippen LogP contribution in [0.2, 0.25) is 0 Å². The number of aryl methyl sites for hydroxylation is 1. The molecule has 0 unspecified atom stereocenters. The fourth-order valence-corrected chi connectivity index (χ4v) is 5.25. The summed E-state index contributed by atoms with van der Waals surface area (Å²) >= 11 is 0. The SMILES string of the molecule is Cn1c2ccc(-c3ccccc3)cc2c2cc[c-]c(-c3ccccn3)c21.[Ir].[c-]1ccccc1-c1noc2ccncc12. The molecule has 0 aliphatic heterocycles. The van der Waals surface area contributed by atoms with E-state index in [0.29, 0.717) is 0 Å². The van der Waals surface area contributed by atoms with Crippen LogP contribution in [0.1, 0.15) is 0 Å². The van der Waals surface area contributed by atoms with Crippen molar-refractivity contribution in [2.24, 2.45) is 7.05 Å². The molecule has 205 valence electrons. The second-order valence-corrected chi connectivity index (χ2v) is 9.67. The Bertz CT molecular complexity index is 2100. The van der Waals surface area contributed by atoms with Gasteiger partial charge in [-0.15, -0.1) is 64.8 Å². The van der Waals surface area contributed by atoms with E-state index in [9.17, 15) is 0 Å². The molecule has 8 aromatic rings. The number of hydrogen-bond acceptors (Lipinski definition) is 4. The van der Waals surface area contributed by atoms with Gasteiger partial charge in [-0.25, -0.2) is 0 Å². The van der Waals surface area contributed by atoms with E-state index in [2.05, 4.69) is 93.5 Å². The van der Waals surface area contributed by atoms with E-state index in [1.165, 1.54) is 32.9 Å². The third-order valence-corrected chi connectivity index (χ3v) is 7.22. The topological polar surface area (TPSA) is 56.7 Å². The summed E-state index contributed by atoms with van der Waals surface area (Å²) in [5, 5.41) is 7.43. The monoisotopic (exact) mass is 721 g/mol. The fraction of sp³-hybridized carbons (Fsp3) is 0.0278. The van der Waals surface area contributed by atoms with E-state index in [1.54, 1.807) is 18.5 Å². The number of fused-ring (bicyclic) bond motifs is 4. The molecule has 0 amide bonds. The van der Waals surface area contributed by atoms with Gasteiger partial charge in [0.15, 0.2) is 5.58 Å². The first kappa shape index (κ1) is 27.3. The second kappa shape index (κ2) is 11.9. The molecule has 0 aliphatic rings. The van der Waals surface area contributed by atoms with E-state index in [1.807, 2.05) is 54.7 Å². The number of rotatable bonds is 3. The number of aromatic nitrogens is 4. The van der Waals surface area contributed by atoms with Crippen molar-refractivity contribution in [2.45, 2.75) is 0 Å². The van der Waals surface area contributed by atoms with Crippen molar-refractivity contribution in [3.63, 3.8) is 0 Å². The predicted octanol–water partition coefficient (Wildman–Crippen LogP) is 8.55. The Labute approximate surface area is 256 Å². The van der Waals surface area contributed by atoms with Gasteiger partial charge in [-0.3, -0.25) is 4.98 Å². The first-order valence-corrected chi connectivity index (χ1v) is 13.3. The summed E-state index contributed by atoms with van der Waals surface area (Å²) in [5.74, 6) is 0. The molecule has 6 heteroatoms. The summed E-state index contributed by atoms with van der Waals surface area (Å²) in [7, 11) is 2.12. The number of nitrogens with zero attached hydrogens (tertiary/aromatic N) is 4. The van der Waals surface area contributed by atoms with Gasteiger partial charge in [-0.1, -0.05) is 53.9 Å². The molecule has 4 heterocycles. The van der Waals surface area contributed by atoms with Gasteiger partial charge >= 0.3 is 0 Å². The Morgan fingerprint density at radius 1 is 0.714 bits per heavy atom. The Balaban J connectivity index is 0.000000168. The van der Waals surface area contributed by atoms with Crippen molar-refractivity contribution < 1.29 is 24.6 Å². The van der Waals surface area contributed by atoms with Crippen molar-refractivity contribution in [3.8, 4) is 33.6 Å². The minimum atomic E-state index is 0. The van der Waals surface area contributed by atoms with Crippen LogP contribution in [0.4, 0.5) is 0 Å². The molecular formula is C36H24IrN4O-2. The molecule has 1 radical (unpaired) electrons. The van der Waals surface area contributed by atoms with Crippen molar-refractivity contribution in [2.75, 3.05) is 0 Å². The zero-order valence-electron chi connectivity index (χ0n) is 22.7. The average molecular weight is 721 g/mol. The summed E-state index contributed by atoms with van der Waals surface area (Å²) in [6.07, 6.45) is 5.27.